The molecule has 0 heterocycles. The second-order valence-electron chi connectivity index (χ2n) is 4.21. The van der Waals surface area contributed by atoms with Gasteiger partial charge in [0.2, 0.25) is 5.91 Å². The first-order valence-electron chi connectivity index (χ1n) is 6.34. The molecule has 0 spiro atoms. The fourth-order valence-corrected chi connectivity index (χ4v) is 2.48. The maximum Gasteiger partial charge on any atom is 0.232 e. The Kier molecular flexibility index (Phi) is 6.22. The van der Waals surface area contributed by atoms with Gasteiger partial charge >= 0.3 is 0 Å². The van der Waals surface area contributed by atoms with Gasteiger partial charge in [0.1, 0.15) is 0 Å². The summed E-state index contributed by atoms with van der Waals surface area (Å²) < 4.78 is 0. The van der Waals surface area contributed by atoms with Crippen molar-refractivity contribution < 1.29 is 4.79 Å². The van der Waals surface area contributed by atoms with E-state index in [9.17, 15) is 4.79 Å². The Hall–Kier alpha value is -1.00. The molecule has 3 nitrogen and oxygen atoms in total. The highest BCUT2D eigenvalue weighted by Gasteiger charge is 2.09. The molecule has 100 valence electrons. The highest BCUT2D eigenvalue weighted by atomic mass is 32.2. The molecule has 0 bridgehead atoms. The van der Waals surface area contributed by atoms with Gasteiger partial charge in [-0.2, -0.15) is 0 Å². The molecule has 1 rings (SSSR count). The van der Waals surface area contributed by atoms with Crippen molar-refractivity contribution >= 4 is 17.7 Å². The van der Waals surface area contributed by atoms with Crippen LogP contribution in [0.4, 0.5) is 0 Å². The maximum atomic E-state index is 11.8. The normalized spacial score (nSPS) is 12.2. The summed E-state index contributed by atoms with van der Waals surface area (Å²) in [6.45, 7) is 7.53. The van der Waals surface area contributed by atoms with Crippen LogP contribution in [0, 0.1) is 0 Å². The fraction of sp³-hybridized carbons (Fsp3) is 0.500. The molecule has 4 heteroatoms. The van der Waals surface area contributed by atoms with Gasteiger partial charge in [-0.25, -0.2) is 0 Å². The lowest BCUT2D eigenvalue weighted by Gasteiger charge is -2.18. The smallest absolute Gasteiger partial charge is 0.232 e. The zero-order valence-electron chi connectivity index (χ0n) is 11.3. The molecule has 0 saturated carbocycles. The standard InChI is InChI=1S/C14H22N2OS/c1-4-16(5-2)14(17)10-18-13-8-6-12(7-9-13)11(3)15/h6-9,11H,4-5,10,15H2,1-3H3. The van der Waals surface area contributed by atoms with Crippen LogP contribution in [0.3, 0.4) is 0 Å². The van der Waals surface area contributed by atoms with Crippen LogP contribution < -0.4 is 5.73 Å². The Balaban J connectivity index is 2.51. The third kappa shape index (κ3) is 4.35. The first-order chi connectivity index (χ1) is 8.58. The van der Waals surface area contributed by atoms with Crippen LogP contribution in [0.5, 0.6) is 0 Å². The molecule has 0 fully saturated rings. The predicted molar refractivity (Wildman–Crippen MR) is 77.7 cm³/mol. The second kappa shape index (κ2) is 7.44. The van der Waals surface area contributed by atoms with Gasteiger partial charge < -0.3 is 10.6 Å². The molecule has 1 atom stereocenters. The van der Waals surface area contributed by atoms with Gasteiger partial charge in [0.25, 0.3) is 0 Å². The number of amides is 1. The van der Waals surface area contributed by atoms with Crippen LogP contribution in [0.2, 0.25) is 0 Å². The van der Waals surface area contributed by atoms with E-state index in [4.69, 9.17) is 5.73 Å². The van der Waals surface area contributed by atoms with Gasteiger partial charge in [-0.1, -0.05) is 12.1 Å². The van der Waals surface area contributed by atoms with Crippen molar-refractivity contribution in [3.63, 3.8) is 0 Å². The zero-order chi connectivity index (χ0) is 13.5. The Morgan fingerprint density at radius 1 is 1.28 bits per heavy atom. The van der Waals surface area contributed by atoms with E-state index in [1.54, 1.807) is 11.8 Å². The van der Waals surface area contributed by atoms with E-state index in [0.29, 0.717) is 5.75 Å². The monoisotopic (exact) mass is 266 g/mol. The minimum absolute atomic E-state index is 0.0568. The van der Waals surface area contributed by atoms with E-state index in [-0.39, 0.29) is 11.9 Å². The van der Waals surface area contributed by atoms with E-state index in [2.05, 4.69) is 0 Å². The fourth-order valence-electron chi connectivity index (χ4n) is 1.68. The molecular weight excluding hydrogens is 244 g/mol. The van der Waals surface area contributed by atoms with Crippen molar-refractivity contribution in [3.8, 4) is 0 Å². The topological polar surface area (TPSA) is 46.3 Å². The van der Waals surface area contributed by atoms with E-state index in [0.717, 1.165) is 23.5 Å². The molecule has 0 aliphatic heterocycles. The largest absolute Gasteiger partial charge is 0.343 e. The summed E-state index contributed by atoms with van der Waals surface area (Å²) >= 11 is 1.58. The third-order valence-corrected chi connectivity index (χ3v) is 3.88. The number of rotatable bonds is 6. The number of nitrogens with two attached hydrogens (primary N) is 1. The quantitative estimate of drug-likeness (QED) is 0.805. The van der Waals surface area contributed by atoms with E-state index < -0.39 is 0 Å². The van der Waals surface area contributed by atoms with Crippen molar-refractivity contribution in [1.29, 1.82) is 0 Å². The highest BCUT2D eigenvalue weighted by molar-refractivity contribution is 8.00. The Bertz CT molecular complexity index is 372. The molecule has 1 unspecified atom stereocenters. The second-order valence-corrected chi connectivity index (χ2v) is 5.26. The lowest BCUT2D eigenvalue weighted by Crippen LogP contribution is -2.31. The van der Waals surface area contributed by atoms with Crippen LogP contribution in [0.15, 0.2) is 29.2 Å². The first-order valence-corrected chi connectivity index (χ1v) is 7.33. The summed E-state index contributed by atoms with van der Waals surface area (Å²) in [5.74, 6) is 0.695. The number of hydrogen-bond acceptors (Lipinski definition) is 3. The Labute approximate surface area is 114 Å². The maximum absolute atomic E-state index is 11.8. The molecule has 0 radical (unpaired) electrons. The van der Waals surface area contributed by atoms with Crippen LogP contribution in [0.1, 0.15) is 32.4 Å². The zero-order valence-corrected chi connectivity index (χ0v) is 12.2. The average Bonchev–Trinajstić information content (AvgIpc) is 2.38. The van der Waals surface area contributed by atoms with Crippen molar-refractivity contribution in [3.05, 3.63) is 29.8 Å². The predicted octanol–water partition coefficient (Wildman–Crippen LogP) is 2.67. The van der Waals surface area contributed by atoms with Crippen LogP contribution in [0.25, 0.3) is 0 Å². The molecule has 0 saturated heterocycles. The SMILES string of the molecule is CCN(CC)C(=O)CSc1ccc(C(C)N)cc1. The summed E-state index contributed by atoms with van der Waals surface area (Å²) in [5.41, 5.74) is 6.91. The minimum Gasteiger partial charge on any atom is -0.343 e. The number of hydrogen-bond donors (Lipinski definition) is 1. The lowest BCUT2D eigenvalue weighted by atomic mass is 10.1. The molecule has 0 aliphatic carbocycles. The van der Waals surface area contributed by atoms with Crippen molar-refractivity contribution in [2.45, 2.75) is 31.7 Å². The molecule has 2 N–H and O–H groups in total. The van der Waals surface area contributed by atoms with E-state index >= 15 is 0 Å². The van der Waals surface area contributed by atoms with E-state index in [1.165, 1.54) is 0 Å². The molecule has 0 aliphatic rings. The van der Waals surface area contributed by atoms with Crippen LogP contribution in [-0.2, 0) is 4.79 Å². The molecule has 1 aromatic rings. The van der Waals surface area contributed by atoms with Crippen molar-refractivity contribution in [2.24, 2.45) is 5.73 Å². The number of nitrogens with zero attached hydrogens (tertiary/aromatic N) is 1. The average molecular weight is 266 g/mol. The minimum atomic E-state index is 0.0568. The van der Waals surface area contributed by atoms with Crippen molar-refractivity contribution in [2.75, 3.05) is 18.8 Å². The van der Waals surface area contributed by atoms with Gasteiger partial charge in [0.15, 0.2) is 0 Å². The van der Waals surface area contributed by atoms with Gasteiger partial charge in [0.05, 0.1) is 5.75 Å². The number of benzene rings is 1. The summed E-state index contributed by atoms with van der Waals surface area (Å²) in [6.07, 6.45) is 0. The lowest BCUT2D eigenvalue weighted by molar-refractivity contribution is -0.127. The number of carbonyl (C=O) groups is 1. The summed E-state index contributed by atoms with van der Waals surface area (Å²) in [4.78, 5) is 14.8. The van der Waals surface area contributed by atoms with Gasteiger partial charge in [-0.15, -0.1) is 11.8 Å². The molecule has 0 aromatic heterocycles. The summed E-state index contributed by atoms with van der Waals surface area (Å²) in [7, 11) is 0. The molecule has 1 amide bonds. The summed E-state index contributed by atoms with van der Waals surface area (Å²) in [6, 6.07) is 8.16. The first kappa shape index (κ1) is 15.1. The van der Waals surface area contributed by atoms with E-state index in [1.807, 2.05) is 49.9 Å². The summed E-state index contributed by atoms with van der Waals surface area (Å²) in [5, 5.41) is 0. The van der Waals surface area contributed by atoms with Crippen molar-refractivity contribution in [1.82, 2.24) is 4.90 Å². The molecule has 18 heavy (non-hydrogen) atoms. The third-order valence-electron chi connectivity index (χ3n) is 2.88. The van der Waals surface area contributed by atoms with Gasteiger partial charge in [-0.3, -0.25) is 4.79 Å². The Morgan fingerprint density at radius 3 is 2.28 bits per heavy atom. The number of carbonyl (C=O) groups excluding carboxylic acids is 1. The Morgan fingerprint density at radius 2 is 1.83 bits per heavy atom. The van der Waals surface area contributed by atoms with Crippen LogP contribution in [-0.4, -0.2) is 29.6 Å². The van der Waals surface area contributed by atoms with Gasteiger partial charge in [-0.05, 0) is 38.5 Å². The van der Waals surface area contributed by atoms with Gasteiger partial charge in [0, 0.05) is 24.0 Å². The molecule has 1 aromatic carbocycles. The highest BCUT2D eigenvalue weighted by Crippen LogP contribution is 2.20. The number of thioether (sulfide) groups is 1. The van der Waals surface area contributed by atoms with Crippen LogP contribution >= 0.6 is 11.8 Å². The molecular formula is C14H22N2OS.